The number of rotatable bonds is 4. The van der Waals surface area contributed by atoms with Crippen molar-refractivity contribution in [3.8, 4) is 0 Å². The van der Waals surface area contributed by atoms with Gasteiger partial charge in [0.25, 0.3) is 0 Å². The standard InChI is InChI=1S/C15H15FN4/c16-12-4-2-1-3-10(12)5-6-18-15-8-14-11(7-13(15)17)9-19-20-14/h1-4,7-9,18H,5-6,17H2,(H,19,20). The number of nitrogens with zero attached hydrogens (tertiary/aromatic N) is 1. The summed E-state index contributed by atoms with van der Waals surface area (Å²) >= 11 is 0. The van der Waals surface area contributed by atoms with Gasteiger partial charge in [0.1, 0.15) is 5.82 Å². The van der Waals surface area contributed by atoms with Gasteiger partial charge in [0.05, 0.1) is 23.1 Å². The summed E-state index contributed by atoms with van der Waals surface area (Å²) < 4.78 is 13.5. The topological polar surface area (TPSA) is 66.7 Å². The molecule has 0 aliphatic heterocycles. The molecule has 0 saturated heterocycles. The second kappa shape index (κ2) is 5.21. The summed E-state index contributed by atoms with van der Waals surface area (Å²) in [5.41, 5.74) is 9.09. The number of anilines is 2. The molecule has 0 aliphatic carbocycles. The fourth-order valence-electron chi connectivity index (χ4n) is 2.20. The summed E-state index contributed by atoms with van der Waals surface area (Å²) in [4.78, 5) is 0. The van der Waals surface area contributed by atoms with Crippen LogP contribution in [0.2, 0.25) is 0 Å². The molecule has 4 nitrogen and oxygen atoms in total. The van der Waals surface area contributed by atoms with E-state index in [0.717, 1.165) is 16.6 Å². The molecule has 0 bridgehead atoms. The van der Waals surface area contributed by atoms with Gasteiger partial charge in [-0.15, -0.1) is 0 Å². The van der Waals surface area contributed by atoms with E-state index in [1.54, 1.807) is 18.3 Å². The number of aromatic amines is 1. The van der Waals surface area contributed by atoms with E-state index in [1.807, 2.05) is 18.2 Å². The largest absolute Gasteiger partial charge is 0.397 e. The molecule has 2 aromatic carbocycles. The van der Waals surface area contributed by atoms with Gasteiger partial charge in [-0.1, -0.05) is 18.2 Å². The number of halogens is 1. The van der Waals surface area contributed by atoms with Crippen molar-refractivity contribution in [2.45, 2.75) is 6.42 Å². The van der Waals surface area contributed by atoms with Crippen LogP contribution in [0.15, 0.2) is 42.6 Å². The molecule has 3 aromatic rings. The van der Waals surface area contributed by atoms with Crippen molar-refractivity contribution in [1.82, 2.24) is 10.2 Å². The molecule has 5 heteroatoms. The average molecular weight is 270 g/mol. The summed E-state index contributed by atoms with van der Waals surface area (Å²) in [5.74, 6) is -0.175. The van der Waals surface area contributed by atoms with Gasteiger partial charge in [-0.25, -0.2) is 4.39 Å². The monoisotopic (exact) mass is 270 g/mol. The molecule has 0 spiro atoms. The number of hydrogen-bond donors (Lipinski definition) is 3. The summed E-state index contributed by atoms with van der Waals surface area (Å²) in [6, 6.07) is 10.6. The van der Waals surface area contributed by atoms with Gasteiger partial charge >= 0.3 is 0 Å². The van der Waals surface area contributed by atoms with E-state index in [0.29, 0.717) is 24.2 Å². The Labute approximate surface area is 115 Å². The molecule has 0 amide bonds. The summed E-state index contributed by atoms with van der Waals surface area (Å²) in [6.07, 6.45) is 2.34. The molecule has 0 fully saturated rings. The first-order valence-corrected chi connectivity index (χ1v) is 6.44. The van der Waals surface area contributed by atoms with E-state index in [9.17, 15) is 4.39 Å². The summed E-state index contributed by atoms with van der Waals surface area (Å²) in [6.45, 7) is 0.616. The van der Waals surface area contributed by atoms with E-state index in [4.69, 9.17) is 5.73 Å². The molecule has 20 heavy (non-hydrogen) atoms. The van der Waals surface area contributed by atoms with Crippen molar-refractivity contribution in [2.24, 2.45) is 0 Å². The Bertz CT molecular complexity index is 736. The average Bonchev–Trinajstić information content (AvgIpc) is 2.88. The third-order valence-corrected chi connectivity index (χ3v) is 3.28. The van der Waals surface area contributed by atoms with Crippen LogP contribution in [0.3, 0.4) is 0 Å². The Morgan fingerprint density at radius 3 is 2.95 bits per heavy atom. The number of fused-ring (bicyclic) bond motifs is 1. The van der Waals surface area contributed by atoms with Crippen LogP contribution < -0.4 is 11.1 Å². The molecular weight excluding hydrogens is 255 g/mol. The first kappa shape index (κ1) is 12.5. The normalized spacial score (nSPS) is 10.8. The number of benzene rings is 2. The second-order valence-electron chi connectivity index (χ2n) is 4.66. The third-order valence-electron chi connectivity index (χ3n) is 3.28. The van der Waals surface area contributed by atoms with Gasteiger partial charge in [-0.05, 0) is 30.2 Å². The predicted octanol–water partition coefficient (Wildman–Crippen LogP) is 2.94. The molecule has 0 radical (unpaired) electrons. The Kier molecular flexibility index (Phi) is 3.25. The number of hydrogen-bond acceptors (Lipinski definition) is 3. The second-order valence-corrected chi connectivity index (χ2v) is 4.66. The van der Waals surface area contributed by atoms with E-state index in [2.05, 4.69) is 15.5 Å². The molecule has 0 atom stereocenters. The molecule has 1 heterocycles. The smallest absolute Gasteiger partial charge is 0.126 e. The predicted molar refractivity (Wildman–Crippen MR) is 79.1 cm³/mol. The van der Waals surface area contributed by atoms with Gasteiger partial charge in [0.2, 0.25) is 0 Å². The Morgan fingerprint density at radius 1 is 1.25 bits per heavy atom. The zero-order valence-corrected chi connectivity index (χ0v) is 10.9. The van der Waals surface area contributed by atoms with Crippen molar-refractivity contribution in [3.63, 3.8) is 0 Å². The molecule has 102 valence electrons. The minimum Gasteiger partial charge on any atom is -0.397 e. The van der Waals surface area contributed by atoms with Crippen LogP contribution >= 0.6 is 0 Å². The lowest BCUT2D eigenvalue weighted by Gasteiger charge is -2.10. The highest BCUT2D eigenvalue weighted by atomic mass is 19.1. The highest BCUT2D eigenvalue weighted by Crippen LogP contribution is 2.24. The molecule has 0 aliphatic rings. The van der Waals surface area contributed by atoms with Crippen molar-refractivity contribution in [2.75, 3.05) is 17.6 Å². The fourth-order valence-corrected chi connectivity index (χ4v) is 2.20. The van der Waals surface area contributed by atoms with Gasteiger partial charge in [-0.3, -0.25) is 5.10 Å². The molecule has 0 unspecified atom stereocenters. The van der Waals surface area contributed by atoms with E-state index >= 15 is 0 Å². The molecule has 0 saturated carbocycles. The van der Waals surface area contributed by atoms with Crippen molar-refractivity contribution in [1.29, 1.82) is 0 Å². The number of nitrogen functional groups attached to an aromatic ring is 1. The van der Waals surface area contributed by atoms with Crippen LogP contribution in [0.1, 0.15) is 5.56 Å². The minimum atomic E-state index is -0.175. The number of H-pyrrole nitrogens is 1. The van der Waals surface area contributed by atoms with Gasteiger partial charge in [0.15, 0.2) is 0 Å². The van der Waals surface area contributed by atoms with Crippen LogP contribution in [-0.2, 0) is 6.42 Å². The summed E-state index contributed by atoms with van der Waals surface area (Å²) in [5, 5.41) is 11.1. The van der Waals surface area contributed by atoms with Gasteiger partial charge in [0, 0.05) is 11.9 Å². The lowest BCUT2D eigenvalue weighted by Crippen LogP contribution is -2.07. The van der Waals surface area contributed by atoms with Crippen LogP contribution in [0.25, 0.3) is 10.9 Å². The zero-order chi connectivity index (χ0) is 13.9. The Balaban J connectivity index is 1.71. The maximum Gasteiger partial charge on any atom is 0.126 e. The third kappa shape index (κ3) is 2.42. The molecule has 3 rings (SSSR count). The minimum absolute atomic E-state index is 0.175. The number of nitrogens with two attached hydrogens (primary N) is 1. The zero-order valence-electron chi connectivity index (χ0n) is 10.9. The van der Waals surface area contributed by atoms with Crippen LogP contribution in [-0.4, -0.2) is 16.7 Å². The van der Waals surface area contributed by atoms with E-state index < -0.39 is 0 Å². The van der Waals surface area contributed by atoms with E-state index in [-0.39, 0.29) is 5.82 Å². The highest BCUT2D eigenvalue weighted by Gasteiger charge is 2.04. The van der Waals surface area contributed by atoms with Crippen LogP contribution in [0.4, 0.5) is 15.8 Å². The lowest BCUT2D eigenvalue weighted by atomic mass is 10.1. The molecule has 4 N–H and O–H groups in total. The quantitative estimate of drug-likeness (QED) is 0.638. The summed E-state index contributed by atoms with van der Waals surface area (Å²) in [7, 11) is 0. The van der Waals surface area contributed by atoms with Gasteiger partial charge < -0.3 is 11.1 Å². The SMILES string of the molecule is Nc1cc2cn[nH]c2cc1NCCc1ccccc1F. The Morgan fingerprint density at radius 2 is 2.10 bits per heavy atom. The maximum atomic E-state index is 13.5. The number of nitrogens with one attached hydrogen (secondary N) is 2. The first-order chi connectivity index (χ1) is 9.74. The van der Waals surface area contributed by atoms with E-state index in [1.165, 1.54) is 6.07 Å². The Hall–Kier alpha value is -2.56. The fraction of sp³-hybridized carbons (Fsp3) is 0.133. The molecule has 1 aromatic heterocycles. The molecular formula is C15H15FN4. The van der Waals surface area contributed by atoms with Crippen molar-refractivity contribution in [3.05, 3.63) is 54.0 Å². The number of aromatic nitrogens is 2. The highest BCUT2D eigenvalue weighted by molar-refractivity contribution is 5.88. The van der Waals surface area contributed by atoms with Gasteiger partial charge in [-0.2, -0.15) is 5.10 Å². The first-order valence-electron chi connectivity index (χ1n) is 6.44. The van der Waals surface area contributed by atoms with Crippen LogP contribution in [0.5, 0.6) is 0 Å². The lowest BCUT2D eigenvalue weighted by molar-refractivity contribution is 0.610. The van der Waals surface area contributed by atoms with Crippen LogP contribution in [0, 0.1) is 5.82 Å². The maximum absolute atomic E-state index is 13.5. The van der Waals surface area contributed by atoms with Crippen molar-refractivity contribution < 1.29 is 4.39 Å². The van der Waals surface area contributed by atoms with Crippen molar-refractivity contribution >= 4 is 22.3 Å².